The zero-order chi connectivity index (χ0) is 20.6. The summed E-state index contributed by atoms with van der Waals surface area (Å²) in [4.78, 5) is 12.4. The number of para-hydroxylation sites is 1. The molecule has 5 nitrogen and oxygen atoms in total. The maximum absolute atomic E-state index is 12.4. The van der Waals surface area contributed by atoms with Crippen LogP contribution in [0.3, 0.4) is 0 Å². The Kier molecular flexibility index (Phi) is 6.75. The van der Waals surface area contributed by atoms with Crippen LogP contribution in [-0.2, 0) is 4.79 Å². The largest absolute Gasteiger partial charge is 0.457 e. The number of nitrogens with zero attached hydrogens (tertiary/aromatic N) is 1. The predicted molar refractivity (Wildman–Crippen MR) is 115 cm³/mol. The number of hydrogen-bond acceptors (Lipinski definition) is 4. The molecular formula is C22H15Cl2N3O2. The summed E-state index contributed by atoms with van der Waals surface area (Å²) in [7, 11) is 0. The van der Waals surface area contributed by atoms with Crippen LogP contribution in [-0.4, -0.2) is 5.91 Å². The molecule has 0 fully saturated rings. The van der Waals surface area contributed by atoms with E-state index in [0.717, 1.165) is 0 Å². The molecule has 0 aliphatic rings. The summed E-state index contributed by atoms with van der Waals surface area (Å²) < 4.78 is 5.71. The molecule has 0 aromatic heterocycles. The van der Waals surface area contributed by atoms with E-state index >= 15 is 0 Å². The Morgan fingerprint density at radius 2 is 1.62 bits per heavy atom. The van der Waals surface area contributed by atoms with Crippen molar-refractivity contribution in [3.8, 4) is 17.6 Å². The van der Waals surface area contributed by atoms with E-state index < -0.39 is 5.91 Å². The molecule has 0 bridgehead atoms. The fourth-order valence-corrected chi connectivity index (χ4v) is 2.70. The van der Waals surface area contributed by atoms with E-state index in [-0.39, 0.29) is 5.57 Å². The molecule has 0 spiro atoms. The minimum absolute atomic E-state index is 0.120. The lowest BCUT2D eigenvalue weighted by molar-refractivity contribution is -0.112. The monoisotopic (exact) mass is 423 g/mol. The zero-order valence-electron chi connectivity index (χ0n) is 15.0. The Morgan fingerprint density at radius 3 is 2.31 bits per heavy atom. The number of halogens is 2. The van der Waals surface area contributed by atoms with Crippen molar-refractivity contribution in [2.24, 2.45) is 0 Å². The van der Waals surface area contributed by atoms with Crippen molar-refractivity contribution in [2.75, 3.05) is 10.6 Å². The number of amides is 1. The van der Waals surface area contributed by atoms with E-state index in [4.69, 9.17) is 27.9 Å². The molecule has 3 aromatic rings. The number of hydrogen-bond donors (Lipinski definition) is 2. The molecule has 144 valence electrons. The Hall–Kier alpha value is -3.46. The van der Waals surface area contributed by atoms with E-state index in [1.807, 2.05) is 36.4 Å². The summed E-state index contributed by atoms with van der Waals surface area (Å²) in [6.45, 7) is 0. The van der Waals surface area contributed by atoms with Gasteiger partial charge in [-0.15, -0.1) is 0 Å². The Labute approximate surface area is 178 Å². The standard InChI is InChI=1S/C22H15Cl2N3O2/c23-19-7-4-8-20(21(19)24)26-14-15(13-25)22(28)27-16-9-11-18(12-10-16)29-17-5-2-1-3-6-17/h1-12,14,26H,(H,27,28)/b15-14-. The van der Waals surface area contributed by atoms with Crippen molar-refractivity contribution in [1.82, 2.24) is 0 Å². The average molecular weight is 424 g/mol. The topological polar surface area (TPSA) is 74.2 Å². The summed E-state index contributed by atoms with van der Waals surface area (Å²) in [6.07, 6.45) is 1.28. The zero-order valence-corrected chi connectivity index (χ0v) is 16.5. The lowest BCUT2D eigenvalue weighted by Crippen LogP contribution is -2.14. The van der Waals surface area contributed by atoms with E-state index in [1.165, 1.54) is 6.20 Å². The Morgan fingerprint density at radius 1 is 0.931 bits per heavy atom. The molecule has 1 amide bonds. The van der Waals surface area contributed by atoms with Crippen molar-refractivity contribution in [1.29, 1.82) is 5.26 Å². The lowest BCUT2D eigenvalue weighted by atomic mass is 10.2. The van der Waals surface area contributed by atoms with Crippen LogP contribution in [0.1, 0.15) is 0 Å². The number of nitriles is 1. The van der Waals surface area contributed by atoms with Crippen molar-refractivity contribution in [3.05, 3.63) is 94.6 Å². The van der Waals surface area contributed by atoms with E-state index in [1.54, 1.807) is 42.5 Å². The van der Waals surface area contributed by atoms with E-state index in [9.17, 15) is 10.1 Å². The number of carbonyl (C=O) groups excluding carboxylic acids is 1. The number of rotatable bonds is 6. The first-order valence-electron chi connectivity index (χ1n) is 8.52. The highest BCUT2D eigenvalue weighted by Crippen LogP contribution is 2.29. The van der Waals surface area contributed by atoms with Crippen LogP contribution in [0, 0.1) is 11.3 Å². The smallest absolute Gasteiger partial charge is 0.267 e. The second-order valence-electron chi connectivity index (χ2n) is 5.81. The van der Waals surface area contributed by atoms with Gasteiger partial charge in [0.05, 0.1) is 15.7 Å². The van der Waals surface area contributed by atoms with Crippen LogP contribution in [0.2, 0.25) is 10.0 Å². The minimum atomic E-state index is -0.560. The second kappa shape index (κ2) is 9.65. The predicted octanol–water partition coefficient (Wildman–Crippen LogP) is 6.24. The van der Waals surface area contributed by atoms with Crippen molar-refractivity contribution < 1.29 is 9.53 Å². The summed E-state index contributed by atoms with van der Waals surface area (Å²) >= 11 is 12.0. The molecule has 0 aliphatic carbocycles. The molecule has 0 saturated carbocycles. The quantitative estimate of drug-likeness (QED) is 0.363. The summed E-state index contributed by atoms with van der Waals surface area (Å²) in [5, 5.41) is 15.4. The van der Waals surface area contributed by atoms with Crippen LogP contribution >= 0.6 is 23.2 Å². The first kappa shape index (κ1) is 20.3. The van der Waals surface area contributed by atoms with Gasteiger partial charge in [-0.3, -0.25) is 4.79 Å². The van der Waals surface area contributed by atoms with Crippen LogP contribution < -0.4 is 15.4 Å². The van der Waals surface area contributed by atoms with Crippen molar-refractivity contribution in [2.45, 2.75) is 0 Å². The number of ether oxygens (including phenoxy) is 1. The van der Waals surface area contributed by atoms with Gasteiger partial charge in [-0.1, -0.05) is 47.5 Å². The van der Waals surface area contributed by atoms with Gasteiger partial charge < -0.3 is 15.4 Å². The first-order valence-corrected chi connectivity index (χ1v) is 9.27. The summed E-state index contributed by atoms with van der Waals surface area (Å²) in [5.74, 6) is 0.780. The number of benzene rings is 3. The molecule has 0 radical (unpaired) electrons. The highest BCUT2D eigenvalue weighted by molar-refractivity contribution is 6.43. The lowest BCUT2D eigenvalue weighted by Gasteiger charge is -2.08. The fourth-order valence-electron chi connectivity index (χ4n) is 2.34. The average Bonchev–Trinajstić information content (AvgIpc) is 2.73. The number of nitrogens with one attached hydrogen (secondary N) is 2. The van der Waals surface area contributed by atoms with Gasteiger partial charge in [0, 0.05) is 11.9 Å². The summed E-state index contributed by atoms with van der Waals surface area (Å²) in [6, 6.07) is 23.1. The maximum Gasteiger partial charge on any atom is 0.267 e. The van der Waals surface area contributed by atoms with Crippen LogP contribution in [0.25, 0.3) is 0 Å². The molecule has 0 heterocycles. The molecule has 3 rings (SSSR count). The number of anilines is 2. The van der Waals surface area contributed by atoms with Crippen molar-refractivity contribution in [3.63, 3.8) is 0 Å². The van der Waals surface area contributed by atoms with E-state index in [0.29, 0.717) is 32.9 Å². The van der Waals surface area contributed by atoms with Gasteiger partial charge in [0.1, 0.15) is 23.1 Å². The van der Waals surface area contributed by atoms with Crippen LogP contribution in [0.5, 0.6) is 11.5 Å². The Bertz CT molecular complexity index is 1080. The molecule has 0 aliphatic heterocycles. The van der Waals surface area contributed by atoms with E-state index in [2.05, 4.69) is 10.6 Å². The van der Waals surface area contributed by atoms with Crippen molar-refractivity contribution >= 4 is 40.5 Å². The fraction of sp³-hybridized carbons (Fsp3) is 0. The molecule has 2 N–H and O–H groups in total. The third kappa shape index (κ3) is 5.52. The molecule has 3 aromatic carbocycles. The molecule has 0 saturated heterocycles. The van der Waals surface area contributed by atoms with Gasteiger partial charge in [-0.25, -0.2) is 0 Å². The van der Waals surface area contributed by atoms with Gasteiger partial charge in [0.15, 0.2) is 0 Å². The van der Waals surface area contributed by atoms with Gasteiger partial charge in [-0.05, 0) is 48.5 Å². The molecular weight excluding hydrogens is 409 g/mol. The molecule has 0 unspecified atom stereocenters. The Balaban J connectivity index is 1.64. The molecule has 0 atom stereocenters. The van der Waals surface area contributed by atoms with Gasteiger partial charge in [-0.2, -0.15) is 5.26 Å². The second-order valence-corrected chi connectivity index (χ2v) is 6.59. The van der Waals surface area contributed by atoms with Gasteiger partial charge in [0.2, 0.25) is 0 Å². The van der Waals surface area contributed by atoms with Gasteiger partial charge >= 0.3 is 0 Å². The molecule has 7 heteroatoms. The SMILES string of the molecule is N#C/C(=C/Nc1cccc(Cl)c1Cl)C(=O)Nc1ccc(Oc2ccccc2)cc1. The summed E-state index contributed by atoms with van der Waals surface area (Å²) in [5.41, 5.74) is 0.894. The van der Waals surface area contributed by atoms with Crippen LogP contribution in [0.4, 0.5) is 11.4 Å². The highest BCUT2D eigenvalue weighted by Gasteiger charge is 2.10. The normalized spacial score (nSPS) is 10.7. The first-order chi connectivity index (χ1) is 14.1. The third-order valence-electron chi connectivity index (χ3n) is 3.78. The maximum atomic E-state index is 12.4. The molecule has 29 heavy (non-hydrogen) atoms. The van der Waals surface area contributed by atoms with Gasteiger partial charge in [0.25, 0.3) is 5.91 Å². The number of carbonyl (C=O) groups is 1. The highest BCUT2D eigenvalue weighted by atomic mass is 35.5. The third-order valence-corrected chi connectivity index (χ3v) is 4.60. The van der Waals surface area contributed by atoms with Crippen LogP contribution in [0.15, 0.2) is 84.6 Å². The minimum Gasteiger partial charge on any atom is -0.457 e.